The third kappa shape index (κ3) is 2.54. The van der Waals surface area contributed by atoms with Gasteiger partial charge in [0.1, 0.15) is 5.75 Å². The molecule has 100 valence electrons. The molecule has 1 aliphatic rings. The van der Waals surface area contributed by atoms with Crippen LogP contribution in [0, 0.1) is 0 Å². The molecule has 1 aromatic heterocycles. The van der Waals surface area contributed by atoms with Crippen LogP contribution in [0.25, 0.3) is 11.4 Å². The fraction of sp³-hybridized carbons (Fsp3) is 0.429. The Morgan fingerprint density at radius 1 is 1.21 bits per heavy atom. The van der Waals surface area contributed by atoms with Gasteiger partial charge in [0.2, 0.25) is 5.82 Å². The van der Waals surface area contributed by atoms with E-state index < -0.39 is 0 Å². The van der Waals surface area contributed by atoms with Crippen molar-refractivity contribution in [3.8, 4) is 17.1 Å². The van der Waals surface area contributed by atoms with Gasteiger partial charge < -0.3 is 14.2 Å². The van der Waals surface area contributed by atoms with Crippen molar-refractivity contribution in [3.05, 3.63) is 24.3 Å². The van der Waals surface area contributed by atoms with Gasteiger partial charge in [0.05, 0.1) is 7.11 Å². The maximum Gasteiger partial charge on any atom is 0.324 e. The molecule has 0 bridgehead atoms. The van der Waals surface area contributed by atoms with Crippen molar-refractivity contribution >= 4 is 6.01 Å². The number of nitrogens with zero attached hydrogens (tertiary/aromatic N) is 3. The molecule has 5 nitrogen and oxygen atoms in total. The molecule has 1 aromatic carbocycles. The SMILES string of the molecule is COc1cccc(-c2noc(N3CCCCC3)n2)c1. The zero-order chi connectivity index (χ0) is 13.1. The molecule has 0 spiro atoms. The zero-order valence-corrected chi connectivity index (χ0v) is 11.0. The first-order valence-electron chi connectivity index (χ1n) is 6.60. The molecule has 1 aliphatic heterocycles. The van der Waals surface area contributed by atoms with Crippen LogP contribution in [0.15, 0.2) is 28.8 Å². The standard InChI is InChI=1S/C14H17N3O2/c1-18-12-7-5-6-11(10-12)13-15-14(19-16-13)17-8-3-2-4-9-17/h5-7,10H,2-4,8-9H2,1H3. The lowest BCUT2D eigenvalue weighted by atomic mass is 10.1. The average Bonchev–Trinajstić information content (AvgIpc) is 2.98. The van der Waals surface area contributed by atoms with Gasteiger partial charge >= 0.3 is 6.01 Å². The van der Waals surface area contributed by atoms with Crippen molar-refractivity contribution in [2.24, 2.45) is 0 Å². The van der Waals surface area contributed by atoms with Crippen LogP contribution < -0.4 is 9.64 Å². The molecule has 0 amide bonds. The molecule has 0 N–H and O–H groups in total. The van der Waals surface area contributed by atoms with Crippen molar-refractivity contribution in [2.45, 2.75) is 19.3 Å². The fourth-order valence-corrected chi connectivity index (χ4v) is 2.31. The second-order valence-electron chi connectivity index (χ2n) is 4.68. The van der Waals surface area contributed by atoms with E-state index in [1.165, 1.54) is 19.3 Å². The summed E-state index contributed by atoms with van der Waals surface area (Å²) in [6.07, 6.45) is 3.67. The molecule has 0 saturated carbocycles. The van der Waals surface area contributed by atoms with Crippen LogP contribution in [0.4, 0.5) is 6.01 Å². The van der Waals surface area contributed by atoms with Crippen LogP contribution in [-0.4, -0.2) is 30.3 Å². The highest BCUT2D eigenvalue weighted by atomic mass is 16.5. The number of anilines is 1. The van der Waals surface area contributed by atoms with E-state index >= 15 is 0 Å². The summed E-state index contributed by atoms with van der Waals surface area (Å²) in [6, 6.07) is 8.30. The highest BCUT2D eigenvalue weighted by molar-refractivity contribution is 5.58. The number of methoxy groups -OCH3 is 1. The summed E-state index contributed by atoms with van der Waals surface area (Å²) in [5.74, 6) is 1.40. The molecule has 1 saturated heterocycles. The van der Waals surface area contributed by atoms with E-state index in [9.17, 15) is 0 Å². The minimum Gasteiger partial charge on any atom is -0.497 e. The summed E-state index contributed by atoms with van der Waals surface area (Å²) in [7, 11) is 1.65. The van der Waals surface area contributed by atoms with E-state index in [-0.39, 0.29) is 0 Å². The molecule has 1 fully saturated rings. The van der Waals surface area contributed by atoms with E-state index in [1.54, 1.807) is 7.11 Å². The minimum atomic E-state index is 0.611. The molecule has 0 radical (unpaired) electrons. The van der Waals surface area contributed by atoms with Gasteiger partial charge in [-0.15, -0.1) is 0 Å². The molecule has 5 heteroatoms. The van der Waals surface area contributed by atoms with Gasteiger partial charge in [0.15, 0.2) is 0 Å². The molecule has 3 rings (SSSR count). The fourth-order valence-electron chi connectivity index (χ4n) is 2.31. The number of rotatable bonds is 3. The first-order chi connectivity index (χ1) is 9.36. The second kappa shape index (κ2) is 5.30. The van der Waals surface area contributed by atoms with E-state index in [0.29, 0.717) is 11.8 Å². The van der Waals surface area contributed by atoms with Gasteiger partial charge in [-0.25, -0.2) is 0 Å². The second-order valence-corrected chi connectivity index (χ2v) is 4.68. The Morgan fingerprint density at radius 2 is 2.05 bits per heavy atom. The topological polar surface area (TPSA) is 51.4 Å². The van der Waals surface area contributed by atoms with E-state index in [2.05, 4.69) is 15.0 Å². The Balaban J connectivity index is 1.83. The largest absolute Gasteiger partial charge is 0.497 e. The van der Waals surface area contributed by atoms with Gasteiger partial charge in [-0.2, -0.15) is 4.98 Å². The van der Waals surface area contributed by atoms with Crippen LogP contribution in [0.2, 0.25) is 0 Å². The van der Waals surface area contributed by atoms with Gasteiger partial charge in [0, 0.05) is 18.7 Å². The van der Waals surface area contributed by atoms with E-state index in [0.717, 1.165) is 24.4 Å². The molecule has 0 unspecified atom stereocenters. The highest BCUT2D eigenvalue weighted by Gasteiger charge is 2.17. The Kier molecular flexibility index (Phi) is 3.35. The quantitative estimate of drug-likeness (QED) is 0.848. The lowest BCUT2D eigenvalue weighted by molar-refractivity contribution is 0.402. The van der Waals surface area contributed by atoms with Crippen LogP contribution in [0.5, 0.6) is 5.75 Å². The Morgan fingerprint density at radius 3 is 2.84 bits per heavy atom. The smallest absolute Gasteiger partial charge is 0.324 e. The lowest BCUT2D eigenvalue weighted by Gasteiger charge is -2.23. The number of piperidine rings is 1. The summed E-state index contributed by atoms with van der Waals surface area (Å²) in [5, 5.41) is 4.05. The van der Waals surface area contributed by atoms with Crippen molar-refractivity contribution in [1.29, 1.82) is 0 Å². The molecule has 19 heavy (non-hydrogen) atoms. The predicted molar refractivity (Wildman–Crippen MR) is 72.4 cm³/mol. The Hall–Kier alpha value is -2.04. The van der Waals surface area contributed by atoms with Crippen LogP contribution in [0.3, 0.4) is 0 Å². The van der Waals surface area contributed by atoms with Crippen LogP contribution in [-0.2, 0) is 0 Å². The van der Waals surface area contributed by atoms with Crippen molar-refractivity contribution in [1.82, 2.24) is 10.1 Å². The van der Waals surface area contributed by atoms with Gasteiger partial charge in [0.25, 0.3) is 0 Å². The summed E-state index contributed by atoms with van der Waals surface area (Å²) < 4.78 is 10.6. The molecular formula is C14H17N3O2. The van der Waals surface area contributed by atoms with Gasteiger partial charge in [-0.3, -0.25) is 0 Å². The Labute approximate surface area is 112 Å². The van der Waals surface area contributed by atoms with E-state index in [4.69, 9.17) is 9.26 Å². The molecule has 2 aromatic rings. The number of hydrogen-bond donors (Lipinski definition) is 0. The summed E-state index contributed by atoms with van der Waals surface area (Å²) in [4.78, 5) is 6.63. The first-order valence-corrected chi connectivity index (χ1v) is 6.60. The molecule has 2 heterocycles. The number of benzene rings is 1. The van der Waals surface area contributed by atoms with Gasteiger partial charge in [-0.05, 0) is 31.4 Å². The highest BCUT2D eigenvalue weighted by Crippen LogP contribution is 2.24. The molecule has 0 atom stereocenters. The average molecular weight is 259 g/mol. The molecule has 0 aliphatic carbocycles. The third-order valence-electron chi connectivity index (χ3n) is 3.37. The summed E-state index contributed by atoms with van der Waals surface area (Å²) >= 11 is 0. The van der Waals surface area contributed by atoms with E-state index in [1.807, 2.05) is 24.3 Å². The lowest BCUT2D eigenvalue weighted by Crippen LogP contribution is -2.29. The van der Waals surface area contributed by atoms with Crippen molar-refractivity contribution in [3.63, 3.8) is 0 Å². The predicted octanol–water partition coefficient (Wildman–Crippen LogP) is 2.74. The van der Waals surface area contributed by atoms with Crippen molar-refractivity contribution < 1.29 is 9.26 Å². The maximum atomic E-state index is 5.36. The monoisotopic (exact) mass is 259 g/mol. The van der Waals surface area contributed by atoms with Crippen LogP contribution in [0.1, 0.15) is 19.3 Å². The summed E-state index contributed by atoms with van der Waals surface area (Å²) in [6.45, 7) is 2.00. The maximum absolute atomic E-state index is 5.36. The Bertz CT molecular complexity index is 547. The van der Waals surface area contributed by atoms with Gasteiger partial charge in [-0.1, -0.05) is 17.3 Å². The van der Waals surface area contributed by atoms with Crippen LogP contribution >= 0.6 is 0 Å². The summed E-state index contributed by atoms with van der Waals surface area (Å²) in [5.41, 5.74) is 0.909. The normalized spacial score (nSPS) is 15.5. The first kappa shape index (κ1) is 12.0. The zero-order valence-electron chi connectivity index (χ0n) is 11.0. The molecular weight excluding hydrogens is 242 g/mol. The number of aromatic nitrogens is 2. The van der Waals surface area contributed by atoms with Crippen molar-refractivity contribution in [2.75, 3.05) is 25.1 Å². The minimum absolute atomic E-state index is 0.611. The number of hydrogen-bond acceptors (Lipinski definition) is 5. The number of ether oxygens (including phenoxy) is 1. The third-order valence-corrected chi connectivity index (χ3v) is 3.37.